The number of hydrogen-bond donors (Lipinski definition) is 3. The third kappa shape index (κ3) is 2.63. The Labute approximate surface area is 157 Å². The van der Waals surface area contributed by atoms with E-state index in [9.17, 15) is 15.3 Å². The Bertz CT molecular complexity index is 942. The molecule has 2 aliphatic heterocycles. The third-order valence-electron chi connectivity index (χ3n) is 5.13. The van der Waals surface area contributed by atoms with Crippen LogP contribution in [0.25, 0.3) is 0 Å². The minimum Gasteiger partial charge on any atom is -0.504 e. The maximum atomic E-state index is 10.4. The van der Waals surface area contributed by atoms with Crippen molar-refractivity contribution in [2.75, 3.05) is 13.7 Å². The van der Waals surface area contributed by atoms with Crippen LogP contribution >= 0.6 is 0 Å². The first-order valence-electron chi connectivity index (χ1n) is 8.82. The summed E-state index contributed by atoms with van der Waals surface area (Å²) in [5.41, 5.74) is 3.20. The van der Waals surface area contributed by atoms with Crippen molar-refractivity contribution in [3.63, 3.8) is 0 Å². The first kappa shape index (κ1) is 17.4. The van der Waals surface area contributed by atoms with Crippen molar-refractivity contribution in [1.29, 1.82) is 0 Å². The molecule has 0 saturated heterocycles. The molecule has 0 fully saturated rings. The second-order valence-corrected chi connectivity index (χ2v) is 7.13. The molecule has 2 aromatic carbocycles. The molecule has 0 spiro atoms. The molecule has 3 N–H and O–H groups in total. The number of hydrogen-bond acceptors (Lipinski definition) is 6. The molecule has 0 saturated carbocycles. The normalized spacial score (nSPS) is 19.2. The van der Waals surface area contributed by atoms with Crippen LogP contribution in [0.15, 0.2) is 29.8 Å². The topological polar surface area (TPSA) is 88.4 Å². The standard InChI is InChI=1S/C21H22O6/c1-10(2)4-5-11-8-13-19-14(9-26-20(13)18(24)16(11)22)12-6-7-15(25-3)17(23)21(12)27-19/h4,6-8,14,19,22-24H,5,9H2,1-3H3/t14-,19-/m1/s1. The van der Waals surface area contributed by atoms with Crippen LogP contribution < -0.4 is 14.2 Å². The molecule has 27 heavy (non-hydrogen) atoms. The smallest absolute Gasteiger partial charge is 0.201 e. The highest BCUT2D eigenvalue weighted by Crippen LogP contribution is 2.58. The van der Waals surface area contributed by atoms with Gasteiger partial charge in [-0.3, -0.25) is 0 Å². The molecule has 0 unspecified atom stereocenters. The van der Waals surface area contributed by atoms with Gasteiger partial charge >= 0.3 is 0 Å². The average molecular weight is 370 g/mol. The maximum absolute atomic E-state index is 10.4. The van der Waals surface area contributed by atoms with E-state index in [-0.39, 0.29) is 35.5 Å². The first-order valence-corrected chi connectivity index (χ1v) is 8.82. The summed E-state index contributed by atoms with van der Waals surface area (Å²) in [7, 11) is 1.48. The quantitative estimate of drug-likeness (QED) is 0.560. The molecule has 0 radical (unpaired) electrons. The number of methoxy groups -OCH3 is 1. The van der Waals surface area contributed by atoms with Crippen molar-refractivity contribution in [1.82, 2.24) is 0 Å². The average Bonchev–Trinajstić information content (AvgIpc) is 3.03. The summed E-state index contributed by atoms with van der Waals surface area (Å²) in [5, 5.41) is 31.2. The van der Waals surface area contributed by atoms with Crippen molar-refractivity contribution in [3.05, 3.63) is 46.5 Å². The van der Waals surface area contributed by atoms with Gasteiger partial charge in [-0.25, -0.2) is 0 Å². The molecule has 6 nitrogen and oxygen atoms in total. The lowest BCUT2D eigenvalue weighted by Gasteiger charge is -2.29. The fourth-order valence-electron chi connectivity index (χ4n) is 3.70. The molecule has 0 bridgehead atoms. The predicted molar refractivity (Wildman–Crippen MR) is 99.2 cm³/mol. The van der Waals surface area contributed by atoms with Crippen molar-refractivity contribution < 1.29 is 29.5 Å². The zero-order valence-electron chi connectivity index (χ0n) is 15.4. The summed E-state index contributed by atoms with van der Waals surface area (Å²) in [6, 6.07) is 5.36. The molecule has 6 heteroatoms. The zero-order valence-corrected chi connectivity index (χ0v) is 15.4. The molecular weight excluding hydrogens is 348 g/mol. The van der Waals surface area contributed by atoms with Gasteiger partial charge in [0.15, 0.2) is 23.0 Å². The summed E-state index contributed by atoms with van der Waals surface area (Å²) < 4.78 is 17.0. The monoisotopic (exact) mass is 370 g/mol. The number of ether oxygens (including phenoxy) is 3. The van der Waals surface area contributed by atoms with E-state index in [0.717, 1.165) is 11.1 Å². The van der Waals surface area contributed by atoms with Gasteiger partial charge in [-0.2, -0.15) is 0 Å². The predicted octanol–water partition coefficient (Wildman–Crippen LogP) is 3.93. The van der Waals surface area contributed by atoms with Crippen molar-refractivity contribution in [2.45, 2.75) is 32.3 Å². The third-order valence-corrected chi connectivity index (χ3v) is 5.13. The molecule has 142 valence electrons. The molecule has 0 aliphatic carbocycles. The summed E-state index contributed by atoms with van der Waals surface area (Å²) in [6.45, 7) is 4.22. The van der Waals surface area contributed by atoms with E-state index in [4.69, 9.17) is 14.2 Å². The van der Waals surface area contributed by atoms with E-state index in [2.05, 4.69) is 0 Å². The fraction of sp³-hybridized carbons (Fsp3) is 0.333. The summed E-state index contributed by atoms with van der Waals surface area (Å²) in [4.78, 5) is 0. The van der Waals surface area contributed by atoms with Gasteiger partial charge in [0.1, 0.15) is 6.10 Å². The lowest BCUT2D eigenvalue weighted by atomic mass is 9.87. The fourth-order valence-corrected chi connectivity index (χ4v) is 3.70. The number of fused-ring (bicyclic) bond motifs is 5. The SMILES string of the molecule is COc1ccc2c(c1O)O[C@@H]1c3cc(CC=C(C)C)c(O)c(O)c3OC[C@H]21. The van der Waals surface area contributed by atoms with Crippen LogP contribution in [0.1, 0.15) is 42.6 Å². The number of allylic oxidation sites excluding steroid dienone is 2. The Hall–Kier alpha value is -3.02. The van der Waals surface area contributed by atoms with Gasteiger partial charge in [-0.05, 0) is 32.4 Å². The van der Waals surface area contributed by atoms with Crippen LogP contribution in [0.3, 0.4) is 0 Å². The van der Waals surface area contributed by atoms with Crippen LogP contribution in [0.5, 0.6) is 34.5 Å². The molecular formula is C21H22O6. The Kier molecular flexibility index (Phi) is 4.06. The van der Waals surface area contributed by atoms with E-state index < -0.39 is 6.10 Å². The number of phenols is 3. The second-order valence-electron chi connectivity index (χ2n) is 7.13. The Morgan fingerprint density at radius 3 is 2.59 bits per heavy atom. The van der Waals surface area contributed by atoms with Crippen LogP contribution in [0, 0.1) is 0 Å². The molecule has 0 amide bonds. The van der Waals surface area contributed by atoms with Gasteiger partial charge in [0.2, 0.25) is 11.5 Å². The molecule has 2 heterocycles. The Balaban J connectivity index is 1.79. The van der Waals surface area contributed by atoms with Crippen LogP contribution in [0.4, 0.5) is 0 Å². The molecule has 2 aliphatic rings. The van der Waals surface area contributed by atoms with E-state index >= 15 is 0 Å². The van der Waals surface area contributed by atoms with Crippen LogP contribution in [0.2, 0.25) is 0 Å². The molecule has 0 aromatic heterocycles. The lowest BCUT2D eigenvalue weighted by molar-refractivity contribution is 0.133. The summed E-state index contributed by atoms with van der Waals surface area (Å²) in [5.74, 6) is 0.331. The van der Waals surface area contributed by atoms with Crippen LogP contribution in [-0.2, 0) is 6.42 Å². The minimum absolute atomic E-state index is 0.0429. The van der Waals surface area contributed by atoms with Gasteiger partial charge in [0.05, 0.1) is 19.6 Å². The highest BCUT2D eigenvalue weighted by atomic mass is 16.5. The van der Waals surface area contributed by atoms with Gasteiger partial charge in [0.25, 0.3) is 0 Å². The molecule has 4 rings (SSSR count). The number of aromatic hydroxyl groups is 3. The van der Waals surface area contributed by atoms with Gasteiger partial charge in [-0.15, -0.1) is 0 Å². The summed E-state index contributed by atoms with van der Waals surface area (Å²) >= 11 is 0. The van der Waals surface area contributed by atoms with Crippen LogP contribution in [-0.4, -0.2) is 29.0 Å². The Morgan fingerprint density at radius 2 is 1.89 bits per heavy atom. The van der Waals surface area contributed by atoms with Crippen molar-refractivity contribution >= 4 is 0 Å². The lowest BCUT2D eigenvalue weighted by Crippen LogP contribution is -2.23. The molecule has 2 aromatic rings. The van der Waals surface area contributed by atoms with Gasteiger partial charge < -0.3 is 29.5 Å². The number of benzene rings is 2. The number of rotatable bonds is 3. The Morgan fingerprint density at radius 1 is 1.11 bits per heavy atom. The molecule has 2 atom stereocenters. The van der Waals surface area contributed by atoms with Crippen molar-refractivity contribution in [2.24, 2.45) is 0 Å². The van der Waals surface area contributed by atoms with E-state index in [0.29, 0.717) is 29.0 Å². The second kappa shape index (κ2) is 6.30. The highest BCUT2D eigenvalue weighted by molar-refractivity contribution is 5.64. The van der Waals surface area contributed by atoms with E-state index in [1.54, 1.807) is 12.1 Å². The number of phenolic OH excluding ortho intramolecular Hbond substituents is 3. The van der Waals surface area contributed by atoms with Gasteiger partial charge in [-0.1, -0.05) is 17.7 Å². The van der Waals surface area contributed by atoms with E-state index in [1.165, 1.54) is 7.11 Å². The minimum atomic E-state index is -0.418. The largest absolute Gasteiger partial charge is 0.504 e. The highest BCUT2D eigenvalue weighted by Gasteiger charge is 2.44. The summed E-state index contributed by atoms with van der Waals surface area (Å²) in [6.07, 6.45) is 2.04. The first-order chi connectivity index (χ1) is 12.9. The van der Waals surface area contributed by atoms with Gasteiger partial charge in [0, 0.05) is 16.7 Å². The zero-order chi connectivity index (χ0) is 19.3. The maximum Gasteiger partial charge on any atom is 0.201 e. The van der Waals surface area contributed by atoms with E-state index in [1.807, 2.05) is 26.0 Å². The van der Waals surface area contributed by atoms with Crippen molar-refractivity contribution in [3.8, 4) is 34.5 Å².